The Morgan fingerprint density at radius 1 is 1.06 bits per heavy atom. The average Bonchev–Trinajstić information content (AvgIpc) is 2.95. The van der Waals surface area contributed by atoms with E-state index >= 15 is 0 Å². The van der Waals surface area contributed by atoms with Gasteiger partial charge in [-0.2, -0.15) is 0 Å². The molecular weight excluding hydrogens is 386 g/mol. The number of hydrogen-bond acceptors (Lipinski definition) is 1. The first-order valence-electron chi connectivity index (χ1n) is 11.0. The topological polar surface area (TPSA) is 12.9 Å². The summed E-state index contributed by atoms with van der Waals surface area (Å²) in [6.45, 7) is 23.1. The summed E-state index contributed by atoms with van der Waals surface area (Å²) in [5.74, 6) is 0. The number of hydrogen-bond donors (Lipinski definition) is 0. The van der Waals surface area contributed by atoms with E-state index in [0.29, 0.717) is 0 Å². The molecule has 1 aliphatic carbocycles. The maximum Gasteiger partial charge on any atom is 0.0346 e. The lowest BCUT2D eigenvalue weighted by atomic mass is 9.84. The summed E-state index contributed by atoms with van der Waals surface area (Å²) in [7, 11) is 0. The molecule has 1 aromatic rings. The van der Waals surface area contributed by atoms with Gasteiger partial charge in [0.05, 0.1) is 0 Å². The van der Waals surface area contributed by atoms with Gasteiger partial charge < -0.3 is 0 Å². The maximum atomic E-state index is 4.44. The number of pyridine rings is 1. The van der Waals surface area contributed by atoms with Crippen LogP contribution in [0.25, 0.3) is 5.57 Å². The van der Waals surface area contributed by atoms with Gasteiger partial charge in [-0.15, -0.1) is 0 Å². The zero-order chi connectivity index (χ0) is 23.7. The maximum absolute atomic E-state index is 4.44. The van der Waals surface area contributed by atoms with Crippen LogP contribution >= 0.6 is 0 Å². The highest BCUT2D eigenvalue weighted by Gasteiger charge is 2.18. The van der Waals surface area contributed by atoms with Crippen LogP contribution in [0.15, 0.2) is 137 Å². The van der Waals surface area contributed by atoms with Crippen molar-refractivity contribution >= 4 is 5.57 Å². The first kappa shape index (κ1) is 24.8. The van der Waals surface area contributed by atoms with Gasteiger partial charge in [-0.05, 0) is 91.7 Å². The number of rotatable bonds is 8. The molecule has 32 heavy (non-hydrogen) atoms. The predicted molar refractivity (Wildman–Crippen MR) is 142 cm³/mol. The molecule has 0 radical (unpaired) electrons. The molecule has 2 rings (SSSR count). The van der Waals surface area contributed by atoms with Gasteiger partial charge in [0.1, 0.15) is 0 Å². The normalized spacial score (nSPS) is 16.0. The van der Waals surface area contributed by atoms with E-state index in [1.54, 1.807) is 6.20 Å². The Bertz CT molecular complexity index is 1110. The van der Waals surface area contributed by atoms with Crippen LogP contribution in [-0.4, -0.2) is 4.98 Å². The Labute approximate surface area is 194 Å². The molecule has 0 saturated heterocycles. The third kappa shape index (κ3) is 6.28. The Morgan fingerprint density at radius 3 is 2.41 bits per heavy atom. The van der Waals surface area contributed by atoms with E-state index in [9.17, 15) is 0 Å². The lowest BCUT2D eigenvalue weighted by Gasteiger charge is -2.20. The van der Waals surface area contributed by atoms with Crippen molar-refractivity contribution in [3.05, 3.63) is 143 Å². The van der Waals surface area contributed by atoms with Gasteiger partial charge >= 0.3 is 0 Å². The third-order valence-corrected chi connectivity index (χ3v) is 5.52. The lowest BCUT2D eigenvalue weighted by Crippen LogP contribution is -2.01. The van der Waals surface area contributed by atoms with Gasteiger partial charge in [-0.3, -0.25) is 4.98 Å². The SMILES string of the molecule is C=C/C(C)=C(\C=C/C)/C=C/C(=C)/C(C(=C)C)=C(/C1=C(C)C=CC(C)=CC1)c1cccnc1. The molecule has 1 heteroatoms. The van der Waals surface area contributed by atoms with E-state index in [4.69, 9.17) is 0 Å². The van der Waals surface area contributed by atoms with E-state index < -0.39 is 0 Å². The molecule has 0 aromatic carbocycles. The van der Waals surface area contributed by atoms with Gasteiger partial charge in [0, 0.05) is 18.0 Å². The van der Waals surface area contributed by atoms with Crippen LogP contribution in [0.1, 0.15) is 46.6 Å². The molecule has 0 aliphatic heterocycles. The second-order valence-electron chi connectivity index (χ2n) is 8.12. The van der Waals surface area contributed by atoms with Gasteiger partial charge in [0.25, 0.3) is 0 Å². The van der Waals surface area contributed by atoms with Crippen LogP contribution in [-0.2, 0) is 0 Å². The minimum absolute atomic E-state index is 0.849. The second-order valence-corrected chi connectivity index (χ2v) is 8.12. The quantitative estimate of drug-likeness (QED) is 0.382. The molecule has 164 valence electrons. The molecule has 1 nitrogen and oxygen atoms in total. The third-order valence-electron chi connectivity index (χ3n) is 5.52. The first-order valence-corrected chi connectivity index (χ1v) is 11.0. The highest BCUT2D eigenvalue weighted by Crippen LogP contribution is 2.38. The van der Waals surface area contributed by atoms with Crippen LogP contribution in [0.4, 0.5) is 0 Å². The summed E-state index contributed by atoms with van der Waals surface area (Å²) >= 11 is 0. The van der Waals surface area contributed by atoms with Crippen LogP contribution in [0.5, 0.6) is 0 Å². The van der Waals surface area contributed by atoms with Crippen molar-refractivity contribution in [2.45, 2.75) is 41.0 Å². The molecule has 0 saturated carbocycles. The Morgan fingerprint density at radius 2 is 1.81 bits per heavy atom. The molecule has 1 aliphatic rings. The summed E-state index contributed by atoms with van der Waals surface area (Å²) in [4.78, 5) is 4.40. The van der Waals surface area contributed by atoms with Gasteiger partial charge in [-0.25, -0.2) is 0 Å². The zero-order valence-corrected chi connectivity index (χ0v) is 20.2. The number of aromatic nitrogens is 1. The van der Waals surface area contributed by atoms with E-state index in [-0.39, 0.29) is 0 Å². The molecule has 0 amide bonds. The summed E-state index contributed by atoms with van der Waals surface area (Å²) in [5, 5.41) is 0. The molecule has 1 aromatic heterocycles. The summed E-state index contributed by atoms with van der Waals surface area (Å²) < 4.78 is 0. The Hall–Kier alpha value is -3.45. The standard InChI is InChI=1S/C31H35N/c1-9-12-27(24(6)10-2)18-17-26(8)30(22(3)4)31(28-13-11-20-32-21-28)29-19-15-23(5)14-16-25(29)7/h9-18,20-21H,2-3,8,19H2,1,4-7H3/b12-9-,18-17+,27-24+,31-30+. The summed E-state index contributed by atoms with van der Waals surface area (Å²) in [6, 6.07) is 4.09. The Kier molecular flexibility index (Phi) is 9.16. The van der Waals surface area contributed by atoms with Crippen molar-refractivity contribution in [2.75, 3.05) is 0 Å². The summed E-state index contributed by atoms with van der Waals surface area (Å²) in [5.41, 5.74) is 11.2. The highest BCUT2D eigenvalue weighted by atomic mass is 14.6. The van der Waals surface area contributed by atoms with Crippen molar-refractivity contribution in [3.63, 3.8) is 0 Å². The smallest absolute Gasteiger partial charge is 0.0346 e. The minimum Gasteiger partial charge on any atom is -0.264 e. The Balaban J connectivity index is 2.76. The molecule has 1 heterocycles. The average molecular weight is 422 g/mol. The van der Waals surface area contributed by atoms with Crippen molar-refractivity contribution < 1.29 is 0 Å². The number of nitrogens with zero attached hydrogens (tertiary/aromatic N) is 1. The monoisotopic (exact) mass is 421 g/mol. The fourth-order valence-corrected chi connectivity index (χ4v) is 3.67. The largest absolute Gasteiger partial charge is 0.264 e. The molecule has 0 bridgehead atoms. The van der Waals surface area contributed by atoms with Gasteiger partial charge in [0.2, 0.25) is 0 Å². The molecule has 0 unspecified atom stereocenters. The number of allylic oxidation sites excluding steroid dienone is 17. The summed E-state index contributed by atoms with van der Waals surface area (Å²) in [6.07, 6.45) is 21.4. The second kappa shape index (κ2) is 11.8. The van der Waals surface area contributed by atoms with Crippen molar-refractivity contribution in [1.29, 1.82) is 0 Å². The fourth-order valence-electron chi connectivity index (χ4n) is 3.67. The predicted octanol–water partition coefficient (Wildman–Crippen LogP) is 8.83. The minimum atomic E-state index is 0.849. The fraction of sp³-hybridized carbons (Fsp3) is 0.194. The van der Waals surface area contributed by atoms with Crippen molar-refractivity contribution in [2.24, 2.45) is 0 Å². The highest BCUT2D eigenvalue weighted by molar-refractivity contribution is 5.88. The van der Waals surface area contributed by atoms with Gasteiger partial charge in [-0.1, -0.05) is 80.0 Å². The van der Waals surface area contributed by atoms with Crippen LogP contribution in [0.3, 0.4) is 0 Å². The molecule has 0 fully saturated rings. The van der Waals surface area contributed by atoms with E-state index in [1.807, 2.05) is 38.3 Å². The molecule has 0 N–H and O–H groups in total. The van der Waals surface area contributed by atoms with Crippen LogP contribution in [0, 0.1) is 0 Å². The van der Waals surface area contributed by atoms with Crippen LogP contribution in [0.2, 0.25) is 0 Å². The van der Waals surface area contributed by atoms with Crippen molar-refractivity contribution in [3.8, 4) is 0 Å². The lowest BCUT2D eigenvalue weighted by molar-refractivity contribution is 1.21. The zero-order valence-electron chi connectivity index (χ0n) is 20.2. The van der Waals surface area contributed by atoms with E-state index in [2.05, 4.69) is 88.0 Å². The van der Waals surface area contributed by atoms with E-state index in [0.717, 1.165) is 45.4 Å². The van der Waals surface area contributed by atoms with E-state index in [1.165, 1.54) is 16.7 Å². The molecule has 0 atom stereocenters. The molecule has 0 spiro atoms. The van der Waals surface area contributed by atoms with Crippen LogP contribution < -0.4 is 0 Å². The molecular formula is C31H35N. The van der Waals surface area contributed by atoms with Crippen molar-refractivity contribution in [1.82, 2.24) is 4.98 Å². The first-order chi connectivity index (χ1) is 15.3. The van der Waals surface area contributed by atoms with Gasteiger partial charge in [0.15, 0.2) is 0 Å².